The first kappa shape index (κ1) is 19.8. The third kappa shape index (κ3) is 5.47. The minimum Gasteiger partial charge on any atom is -0.465 e. The molecule has 26 heavy (non-hydrogen) atoms. The molecule has 0 unspecified atom stereocenters. The smallest absolute Gasteiger partial charge is 0.337 e. The number of esters is 1. The van der Waals surface area contributed by atoms with Crippen LogP contribution in [0.25, 0.3) is 0 Å². The molecule has 0 atom stereocenters. The first-order valence-corrected chi connectivity index (χ1v) is 8.38. The van der Waals surface area contributed by atoms with Gasteiger partial charge in [-0.15, -0.1) is 0 Å². The fraction of sp³-hybridized carbons (Fsp3) is 0.167. The number of ether oxygens (including phenoxy) is 1. The predicted octanol–water partition coefficient (Wildman–Crippen LogP) is 3.54. The van der Waals surface area contributed by atoms with Gasteiger partial charge in [0, 0.05) is 23.6 Å². The van der Waals surface area contributed by atoms with Crippen LogP contribution in [0.1, 0.15) is 27.1 Å². The van der Waals surface area contributed by atoms with Gasteiger partial charge in [0.1, 0.15) is 0 Å². The Hall–Kier alpha value is -2.57. The summed E-state index contributed by atoms with van der Waals surface area (Å²) in [6, 6.07) is 10.8. The van der Waals surface area contributed by atoms with Crippen molar-refractivity contribution in [2.24, 2.45) is 0 Å². The number of methoxy groups -OCH3 is 1. The summed E-state index contributed by atoms with van der Waals surface area (Å²) in [6.07, 6.45) is 0.0398. The lowest BCUT2D eigenvalue weighted by Gasteiger charge is -2.09. The highest BCUT2D eigenvalue weighted by Crippen LogP contribution is 2.23. The van der Waals surface area contributed by atoms with E-state index < -0.39 is 5.97 Å². The van der Waals surface area contributed by atoms with Crippen LogP contribution in [0.3, 0.4) is 0 Å². The molecule has 2 aromatic carbocycles. The summed E-state index contributed by atoms with van der Waals surface area (Å²) < 4.78 is 4.63. The second-order valence-electron chi connectivity index (χ2n) is 5.25. The van der Waals surface area contributed by atoms with Gasteiger partial charge in [0.15, 0.2) is 0 Å². The molecule has 0 saturated carbocycles. The van der Waals surface area contributed by atoms with Gasteiger partial charge in [-0.05, 0) is 42.5 Å². The van der Waals surface area contributed by atoms with E-state index in [0.29, 0.717) is 16.3 Å². The van der Waals surface area contributed by atoms with E-state index in [2.05, 4.69) is 15.4 Å². The van der Waals surface area contributed by atoms with Crippen molar-refractivity contribution in [3.05, 3.63) is 63.6 Å². The van der Waals surface area contributed by atoms with Crippen molar-refractivity contribution in [3.8, 4) is 0 Å². The Labute approximate surface area is 160 Å². The summed E-state index contributed by atoms with van der Waals surface area (Å²) >= 11 is 11.8. The van der Waals surface area contributed by atoms with Crippen molar-refractivity contribution in [2.75, 3.05) is 19.0 Å². The van der Waals surface area contributed by atoms with Crippen LogP contribution in [-0.4, -0.2) is 31.4 Å². The van der Waals surface area contributed by atoms with Crippen molar-refractivity contribution in [1.82, 2.24) is 5.32 Å². The highest BCUT2D eigenvalue weighted by atomic mass is 35.5. The number of hydrogen-bond donors (Lipinski definition) is 2. The molecule has 0 aromatic heterocycles. The first-order chi connectivity index (χ1) is 12.4. The maximum absolute atomic E-state index is 12.0. The van der Waals surface area contributed by atoms with Crippen LogP contribution in [-0.2, 0) is 9.53 Å². The van der Waals surface area contributed by atoms with Crippen LogP contribution in [0.2, 0.25) is 10.0 Å². The normalized spacial score (nSPS) is 10.1. The molecule has 8 heteroatoms. The van der Waals surface area contributed by atoms with Crippen LogP contribution in [0, 0.1) is 0 Å². The molecule has 6 nitrogen and oxygen atoms in total. The van der Waals surface area contributed by atoms with Gasteiger partial charge in [-0.25, -0.2) is 4.79 Å². The van der Waals surface area contributed by atoms with Crippen molar-refractivity contribution >= 4 is 46.7 Å². The molecule has 2 rings (SSSR count). The zero-order valence-electron chi connectivity index (χ0n) is 13.8. The van der Waals surface area contributed by atoms with E-state index in [1.807, 2.05) is 0 Å². The molecule has 0 heterocycles. The number of amides is 2. The quantitative estimate of drug-likeness (QED) is 0.733. The van der Waals surface area contributed by atoms with Gasteiger partial charge in [-0.1, -0.05) is 23.2 Å². The monoisotopic (exact) mass is 394 g/mol. The molecule has 0 bridgehead atoms. The summed E-state index contributed by atoms with van der Waals surface area (Å²) in [5, 5.41) is 6.06. The van der Waals surface area contributed by atoms with E-state index in [1.54, 1.807) is 24.3 Å². The summed E-state index contributed by atoms with van der Waals surface area (Å²) in [7, 11) is 1.26. The van der Waals surface area contributed by atoms with E-state index in [0.717, 1.165) is 0 Å². The lowest BCUT2D eigenvalue weighted by Crippen LogP contribution is -2.27. The van der Waals surface area contributed by atoms with E-state index in [4.69, 9.17) is 23.2 Å². The lowest BCUT2D eigenvalue weighted by molar-refractivity contribution is -0.116. The van der Waals surface area contributed by atoms with Crippen LogP contribution in [0.4, 0.5) is 5.69 Å². The number of anilines is 1. The number of rotatable bonds is 6. The molecule has 2 aromatic rings. The highest BCUT2D eigenvalue weighted by Gasteiger charge is 2.12. The van der Waals surface area contributed by atoms with Crippen LogP contribution in [0.15, 0.2) is 42.5 Å². The Morgan fingerprint density at radius 2 is 1.65 bits per heavy atom. The minimum absolute atomic E-state index is 0.0398. The minimum atomic E-state index is -0.535. The van der Waals surface area contributed by atoms with Crippen LogP contribution >= 0.6 is 23.2 Å². The number of carbonyl (C=O) groups is 3. The van der Waals surface area contributed by atoms with Gasteiger partial charge in [-0.3, -0.25) is 9.59 Å². The van der Waals surface area contributed by atoms with Crippen molar-refractivity contribution in [1.29, 1.82) is 0 Å². The largest absolute Gasteiger partial charge is 0.465 e. The molecule has 2 amide bonds. The molecule has 0 aliphatic carbocycles. The molecule has 136 valence electrons. The molecular formula is C18H16Cl2N2O4. The fourth-order valence-electron chi connectivity index (χ4n) is 2.07. The second-order valence-corrected chi connectivity index (χ2v) is 6.09. The summed E-state index contributed by atoms with van der Waals surface area (Å²) in [5.74, 6) is -1.20. The summed E-state index contributed by atoms with van der Waals surface area (Å²) in [6.45, 7) is 0.140. The molecular weight excluding hydrogens is 379 g/mol. The highest BCUT2D eigenvalue weighted by molar-refractivity contribution is 6.33. The number of nitrogens with one attached hydrogen (secondary N) is 2. The molecule has 0 spiro atoms. The van der Waals surface area contributed by atoms with E-state index in [1.165, 1.54) is 25.3 Å². The summed E-state index contributed by atoms with van der Waals surface area (Å²) in [4.78, 5) is 35.5. The Bertz CT molecular complexity index is 822. The number of hydrogen-bond acceptors (Lipinski definition) is 4. The van der Waals surface area contributed by atoms with E-state index >= 15 is 0 Å². The Morgan fingerprint density at radius 1 is 1.00 bits per heavy atom. The number of halogens is 2. The van der Waals surface area contributed by atoms with Gasteiger partial charge in [0.2, 0.25) is 5.91 Å². The van der Waals surface area contributed by atoms with Gasteiger partial charge in [0.25, 0.3) is 5.91 Å². The number of carbonyl (C=O) groups excluding carboxylic acids is 3. The molecule has 0 aliphatic heterocycles. The Kier molecular flexibility index (Phi) is 7.00. The van der Waals surface area contributed by atoms with Gasteiger partial charge in [0.05, 0.1) is 23.4 Å². The summed E-state index contributed by atoms with van der Waals surface area (Å²) in [5.41, 5.74) is 1.01. The topological polar surface area (TPSA) is 84.5 Å². The van der Waals surface area contributed by atoms with Gasteiger partial charge >= 0.3 is 5.97 Å². The number of benzene rings is 2. The van der Waals surface area contributed by atoms with E-state index in [-0.39, 0.29) is 35.4 Å². The standard InChI is InChI=1S/C18H16Cl2N2O4/c1-26-18(25)12-4-7-14(20)15(10-12)22-16(23)8-9-21-17(24)11-2-5-13(19)6-3-11/h2-7,10H,8-9H2,1H3,(H,21,24)(H,22,23). The predicted molar refractivity (Wildman–Crippen MR) is 99.8 cm³/mol. The van der Waals surface area contributed by atoms with E-state index in [9.17, 15) is 14.4 Å². The van der Waals surface area contributed by atoms with Gasteiger partial charge < -0.3 is 15.4 Å². The average Bonchev–Trinajstić information content (AvgIpc) is 2.63. The molecule has 0 radical (unpaired) electrons. The molecule has 0 fully saturated rings. The molecule has 2 N–H and O–H groups in total. The maximum atomic E-state index is 12.0. The lowest BCUT2D eigenvalue weighted by atomic mass is 10.2. The molecule has 0 saturated heterocycles. The van der Waals surface area contributed by atoms with Crippen LogP contribution < -0.4 is 10.6 Å². The van der Waals surface area contributed by atoms with Crippen LogP contribution in [0.5, 0.6) is 0 Å². The third-order valence-corrected chi connectivity index (χ3v) is 3.99. The first-order valence-electron chi connectivity index (χ1n) is 7.62. The average molecular weight is 395 g/mol. The SMILES string of the molecule is COC(=O)c1ccc(Cl)c(NC(=O)CCNC(=O)c2ccc(Cl)cc2)c1. The Balaban J connectivity index is 1.88. The van der Waals surface area contributed by atoms with Crippen molar-refractivity contribution in [2.45, 2.75) is 6.42 Å². The second kappa shape index (κ2) is 9.22. The molecule has 0 aliphatic rings. The van der Waals surface area contributed by atoms with Gasteiger partial charge in [-0.2, -0.15) is 0 Å². The zero-order chi connectivity index (χ0) is 19.1. The maximum Gasteiger partial charge on any atom is 0.337 e. The fourth-order valence-corrected chi connectivity index (χ4v) is 2.36. The Morgan fingerprint density at radius 3 is 2.31 bits per heavy atom. The van der Waals surface area contributed by atoms with Crippen molar-refractivity contribution in [3.63, 3.8) is 0 Å². The zero-order valence-corrected chi connectivity index (χ0v) is 15.4. The third-order valence-electron chi connectivity index (χ3n) is 3.41. The van der Waals surface area contributed by atoms with Crippen molar-refractivity contribution < 1.29 is 19.1 Å².